The average molecular weight is 273 g/mol. The highest BCUT2D eigenvalue weighted by atomic mass is 19.4. The molecule has 0 amide bonds. The summed E-state index contributed by atoms with van der Waals surface area (Å²) in [6, 6.07) is 7.90. The Labute approximate surface area is 111 Å². The molecule has 0 fully saturated rings. The molecule has 1 aromatic carbocycles. The summed E-state index contributed by atoms with van der Waals surface area (Å²) >= 11 is 0. The van der Waals surface area contributed by atoms with Crippen LogP contribution >= 0.6 is 0 Å². The predicted molar refractivity (Wildman–Crippen MR) is 67.3 cm³/mol. The first-order valence-corrected chi connectivity index (χ1v) is 6.56. The van der Waals surface area contributed by atoms with Crippen LogP contribution in [0, 0.1) is 0 Å². The Kier molecular flexibility index (Phi) is 4.69. The lowest BCUT2D eigenvalue weighted by molar-refractivity contribution is -0.135. The van der Waals surface area contributed by atoms with E-state index in [9.17, 15) is 13.2 Å². The molecule has 106 valence electrons. The number of rotatable bonds is 6. The fourth-order valence-electron chi connectivity index (χ4n) is 2.21. The lowest BCUT2D eigenvalue weighted by Gasteiger charge is -2.12. The van der Waals surface area contributed by atoms with Crippen LogP contribution in [0.3, 0.4) is 0 Å². The molecule has 1 N–H and O–H groups in total. The van der Waals surface area contributed by atoms with Gasteiger partial charge in [-0.15, -0.1) is 0 Å². The van der Waals surface area contributed by atoms with Gasteiger partial charge in [-0.25, -0.2) is 0 Å². The van der Waals surface area contributed by atoms with Crippen LogP contribution in [0.1, 0.15) is 24.8 Å². The van der Waals surface area contributed by atoms with Gasteiger partial charge in [0.15, 0.2) is 0 Å². The minimum atomic E-state index is -4.03. The molecule has 0 bridgehead atoms. The second-order valence-electron chi connectivity index (χ2n) is 4.83. The first kappa shape index (κ1) is 14.2. The summed E-state index contributed by atoms with van der Waals surface area (Å²) in [5.41, 5.74) is 1.20. The summed E-state index contributed by atoms with van der Waals surface area (Å²) in [6.45, 7) is 1.28. The lowest BCUT2D eigenvalue weighted by Crippen LogP contribution is -2.30. The van der Waals surface area contributed by atoms with Gasteiger partial charge in [-0.05, 0) is 31.0 Å². The molecule has 0 aliphatic carbocycles. The summed E-state index contributed by atoms with van der Waals surface area (Å²) in [7, 11) is 0. The van der Waals surface area contributed by atoms with E-state index in [2.05, 4.69) is 5.32 Å². The van der Waals surface area contributed by atoms with Crippen molar-refractivity contribution in [1.82, 2.24) is 5.32 Å². The molecule has 1 aliphatic rings. The maximum atomic E-state index is 11.9. The Morgan fingerprint density at radius 3 is 2.74 bits per heavy atom. The summed E-state index contributed by atoms with van der Waals surface area (Å²) in [4.78, 5) is 0. The Morgan fingerprint density at radius 2 is 2.00 bits per heavy atom. The number of benzene rings is 1. The van der Waals surface area contributed by atoms with Gasteiger partial charge in [0, 0.05) is 19.4 Å². The molecular formula is C14H18F3NO. The van der Waals surface area contributed by atoms with Gasteiger partial charge in [0.2, 0.25) is 0 Å². The molecule has 1 heterocycles. The van der Waals surface area contributed by atoms with Crippen LogP contribution in [-0.2, 0) is 6.42 Å². The monoisotopic (exact) mass is 273 g/mol. The molecule has 0 saturated carbocycles. The van der Waals surface area contributed by atoms with E-state index in [1.54, 1.807) is 0 Å². The third kappa shape index (κ3) is 4.74. The highest BCUT2D eigenvalue weighted by molar-refractivity contribution is 5.37. The van der Waals surface area contributed by atoms with Gasteiger partial charge in [0.1, 0.15) is 11.9 Å². The van der Waals surface area contributed by atoms with Crippen LogP contribution in [0.2, 0.25) is 0 Å². The molecule has 0 spiro atoms. The van der Waals surface area contributed by atoms with Gasteiger partial charge in [-0.2, -0.15) is 13.2 Å². The SMILES string of the molecule is FC(F)(F)CCCCNCC1Cc2ccccc2O1. The molecule has 2 rings (SSSR count). The van der Waals surface area contributed by atoms with E-state index < -0.39 is 12.6 Å². The van der Waals surface area contributed by atoms with Crippen LogP contribution < -0.4 is 10.1 Å². The number of hydrogen-bond acceptors (Lipinski definition) is 2. The summed E-state index contributed by atoms with van der Waals surface area (Å²) in [6.07, 6.45) is -3.04. The molecule has 1 aliphatic heterocycles. The van der Waals surface area contributed by atoms with E-state index in [4.69, 9.17) is 4.74 Å². The first-order chi connectivity index (χ1) is 9.04. The molecule has 19 heavy (non-hydrogen) atoms. The molecule has 2 nitrogen and oxygen atoms in total. The molecule has 0 aromatic heterocycles. The van der Waals surface area contributed by atoms with Crippen molar-refractivity contribution in [2.75, 3.05) is 13.1 Å². The number of para-hydroxylation sites is 1. The van der Waals surface area contributed by atoms with Crippen molar-refractivity contribution >= 4 is 0 Å². The highest BCUT2D eigenvalue weighted by Gasteiger charge is 2.26. The third-order valence-corrected chi connectivity index (χ3v) is 3.15. The fraction of sp³-hybridized carbons (Fsp3) is 0.571. The van der Waals surface area contributed by atoms with E-state index >= 15 is 0 Å². The Hall–Kier alpha value is -1.23. The number of hydrogen-bond donors (Lipinski definition) is 1. The number of halogens is 3. The molecule has 1 atom stereocenters. The van der Waals surface area contributed by atoms with E-state index in [1.807, 2.05) is 24.3 Å². The van der Waals surface area contributed by atoms with Crippen molar-refractivity contribution in [3.05, 3.63) is 29.8 Å². The van der Waals surface area contributed by atoms with Crippen LogP contribution in [0.5, 0.6) is 5.75 Å². The van der Waals surface area contributed by atoms with Gasteiger partial charge in [0.05, 0.1) is 0 Å². The zero-order valence-electron chi connectivity index (χ0n) is 10.7. The van der Waals surface area contributed by atoms with Gasteiger partial charge in [0.25, 0.3) is 0 Å². The van der Waals surface area contributed by atoms with Crippen LogP contribution in [0.15, 0.2) is 24.3 Å². The van der Waals surface area contributed by atoms with Gasteiger partial charge >= 0.3 is 6.18 Å². The minimum Gasteiger partial charge on any atom is -0.488 e. The molecule has 1 aromatic rings. The number of nitrogens with one attached hydrogen (secondary N) is 1. The molecular weight excluding hydrogens is 255 g/mol. The smallest absolute Gasteiger partial charge is 0.389 e. The van der Waals surface area contributed by atoms with Gasteiger partial charge < -0.3 is 10.1 Å². The third-order valence-electron chi connectivity index (χ3n) is 3.15. The predicted octanol–water partition coefficient (Wildman–Crippen LogP) is 3.31. The van der Waals surface area contributed by atoms with E-state index in [1.165, 1.54) is 5.56 Å². The van der Waals surface area contributed by atoms with Gasteiger partial charge in [-0.3, -0.25) is 0 Å². The minimum absolute atomic E-state index is 0.0972. The standard InChI is InChI=1S/C14H18F3NO/c15-14(16,17)7-3-4-8-18-10-12-9-11-5-1-2-6-13(11)19-12/h1-2,5-6,12,18H,3-4,7-10H2. The summed E-state index contributed by atoms with van der Waals surface area (Å²) in [5.74, 6) is 0.923. The average Bonchev–Trinajstić information content (AvgIpc) is 2.74. The van der Waals surface area contributed by atoms with Crippen molar-refractivity contribution in [2.45, 2.75) is 38.0 Å². The zero-order valence-corrected chi connectivity index (χ0v) is 10.7. The number of fused-ring (bicyclic) bond motifs is 1. The van der Waals surface area contributed by atoms with Crippen molar-refractivity contribution in [3.8, 4) is 5.75 Å². The Morgan fingerprint density at radius 1 is 1.21 bits per heavy atom. The molecule has 0 saturated heterocycles. The molecule has 5 heteroatoms. The maximum Gasteiger partial charge on any atom is 0.389 e. The lowest BCUT2D eigenvalue weighted by atomic mass is 10.1. The highest BCUT2D eigenvalue weighted by Crippen LogP contribution is 2.27. The second-order valence-corrected chi connectivity index (χ2v) is 4.83. The number of alkyl halides is 3. The van der Waals surface area contributed by atoms with Crippen molar-refractivity contribution in [3.63, 3.8) is 0 Å². The largest absolute Gasteiger partial charge is 0.488 e. The number of unbranched alkanes of at least 4 members (excludes halogenated alkanes) is 1. The first-order valence-electron chi connectivity index (χ1n) is 6.56. The number of ether oxygens (including phenoxy) is 1. The van der Waals surface area contributed by atoms with Crippen molar-refractivity contribution in [1.29, 1.82) is 0 Å². The van der Waals surface area contributed by atoms with Crippen LogP contribution in [0.4, 0.5) is 13.2 Å². The van der Waals surface area contributed by atoms with Gasteiger partial charge in [-0.1, -0.05) is 18.2 Å². The van der Waals surface area contributed by atoms with E-state index in [-0.39, 0.29) is 12.5 Å². The normalized spacial score (nSPS) is 18.2. The summed E-state index contributed by atoms with van der Waals surface area (Å²) in [5, 5.41) is 3.16. The van der Waals surface area contributed by atoms with E-state index in [0.717, 1.165) is 12.2 Å². The second kappa shape index (κ2) is 6.28. The summed E-state index contributed by atoms with van der Waals surface area (Å²) < 4.78 is 41.5. The van der Waals surface area contributed by atoms with Crippen molar-refractivity contribution in [2.24, 2.45) is 0 Å². The maximum absolute atomic E-state index is 11.9. The quantitative estimate of drug-likeness (QED) is 0.803. The fourth-order valence-corrected chi connectivity index (χ4v) is 2.21. The van der Waals surface area contributed by atoms with Crippen molar-refractivity contribution < 1.29 is 17.9 Å². The Balaban J connectivity index is 1.56. The molecule has 0 radical (unpaired) electrons. The zero-order chi connectivity index (χ0) is 13.7. The van der Waals surface area contributed by atoms with Crippen LogP contribution in [0.25, 0.3) is 0 Å². The van der Waals surface area contributed by atoms with Crippen LogP contribution in [-0.4, -0.2) is 25.4 Å². The molecule has 1 unspecified atom stereocenters. The topological polar surface area (TPSA) is 21.3 Å². The van der Waals surface area contributed by atoms with E-state index in [0.29, 0.717) is 19.5 Å². The Bertz CT molecular complexity index is 381.